The summed E-state index contributed by atoms with van der Waals surface area (Å²) in [5, 5.41) is 0. The molecule has 266 valence electrons. The van der Waals surface area contributed by atoms with Crippen molar-refractivity contribution in [3.63, 3.8) is 0 Å². The van der Waals surface area contributed by atoms with Gasteiger partial charge in [0, 0.05) is 56.4 Å². The van der Waals surface area contributed by atoms with Gasteiger partial charge in [0.15, 0.2) is 58.2 Å². The molecular weight excluding hydrogens is 730 g/mol. The number of nitrogens with zero attached hydrogens (tertiary/aromatic N) is 2. The Morgan fingerprint density at radius 1 is 0.321 bits per heavy atom. The number of hydrogen-bond acceptors (Lipinski definition) is 2. The molecule has 0 saturated carbocycles. The van der Waals surface area contributed by atoms with Gasteiger partial charge in [0.1, 0.15) is 0 Å². The Morgan fingerprint density at radius 2 is 0.642 bits per heavy atom. The molecule has 0 spiro atoms. The molecule has 0 atom stereocenters. The highest BCUT2D eigenvalue weighted by Crippen LogP contribution is 2.41. The number of aromatic nitrogens is 5. The van der Waals surface area contributed by atoms with Crippen LogP contribution >= 0.6 is 0 Å². The van der Waals surface area contributed by atoms with Crippen LogP contribution < -0.4 is 0 Å². The summed E-state index contributed by atoms with van der Waals surface area (Å²) >= 11 is 0. The summed E-state index contributed by atoms with van der Waals surface area (Å²) in [4.78, 5) is 14.8. The number of nitrogens with one attached hydrogen (secondary N) is 3. The van der Waals surface area contributed by atoms with E-state index in [4.69, 9.17) is 0 Å². The molecule has 1 aliphatic heterocycles. The van der Waals surface area contributed by atoms with E-state index >= 15 is 26.3 Å². The Kier molecular flexibility index (Phi) is 7.63. The van der Waals surface area contributed by atoms with Crippen molar-refractivity contribution < 1.29 is 52.7 Å². The molecule has 6 heterocycles. The lowest BCUT2D eigenvalue weighted by Crippen LogP contribution is -2.03. The summed E-state index contributed by atoms with van der Waals surface area (Å²) < 4.78 is 180. The van der Waals surface area contributed by atoms with Crippen LogP contribution in [0.4, 0.5) is 52.7 Å². The molecule has 3 N–H and O–H groups in total. The maximum Gasteiger partial charge on any atom is 0.252 e. The van der Waals surface area contributed by atoms with Crippen LogP contribution in [0.25, 0.3) is 78.6 Å². The number of halogens is 12. The minimum absolute atomic E-state index is 0.0277. The fourth-order valence-corrected chi connectivity index (χ4v) is 6.24. The van der Waals surface area contributed by atoms with Gasteiger partial charge >= 0.3 is 0 Å². The van der Waals surface area contributed by atoms with E-state index in [1.807, 2.05) is 0 Å². The molecule has 0 unspecified atom stereocenters. The normalized spacial score (nSPS) is 12.1. The fourth-order valence-electron chi connectivity index (χ4n) is 6.24. The summed E-state index contributed by atoms with van der Waals surface area (Å²) in [7, 11) is 0. The predicted octanol–water partition coefficient (Wildman–Crippen LogP) is 10.8. The quantitative estimate of drug-likeness (QED) is 0.0958. The van der Waals surface area contributed by atoms with Crippen LogP contribution in [-0.4, -0.2) is 24.9 Å². The average Bonchev–Trinajstić information content (AvgIpc) is 3.95. The number of rotatable bonds is 3. The first-order valence-electron chi connectivity index (χ1n) is 15.0. The SMILES string of the molecule is Fc1cc(F)c(F)c(-c2c3nc(c4ccc([nH]4)c(-c4c(F)c(F)cc(F)c4F)c4ccc([nH]4)c(-c4c(F)c(F)nc(F)c4F)c4ccc2[nH]4)C=C3)c1F. The first kappa shape index (κ1) is 33.6. The van der Waals surface area contributed by atoms with Crippen molar-refractivity contribution in [1.29, 1.82) is 0 Å². The van der Waals surface area contributed by atoms with Crippen LogP contribution in [0.2, 0.25) is 0 Å². The second-order valence-electron chi connectivity index (χ2n) is 11.6. The Morgan fingerprint density at radius 3 is 1.08 bits per heavy atom. The summed E-state index contributed by atoms with van der Waals surface area (Å²) in [5.41, 5.74) is -8.20. The maximum atomic E-state index is 15.5. The summed E-state index contributed by atoms with van der Waals surface area (Å²) in [6, 6.07) is 6.57. The molecule has 8 rings (SSSR count). The van der Waals surface area contributed by atoms with Crippen LogP contribution in [0.3, 0.4) is 0 Å². The number of H-pyrrole nitrogens is 3. The Hall–Kier alpha value is -6.52. The number of benzene rings is 2. The van der Waals surface area contributed by atoms with E-state index in [1.54, 1.807) is 0 Å². The van der Waals surface area contributed by atoms with Crippen molar-refractivity contribution in [2.75, 3.05) is 0 Å². The first-order valence-corrected chi connectivity index (χ1v) is 15.0. The highest BCUT2D eigenvalue weighted by Gasteiger charge is 2.29. The van der Waals surface area contributed by atoms with Gasteiger partial charge in [-0.05, 0) is 48.6 Å². The van der Waals surface area contributed by atoms with E-state index in [0.29, 0.717) is 0 Å². The third-order valence-corrected chi connectivity index (χ3v) is 8.55. The molecule has 2 aromatic carbocycles. The molecule has 5 nitrogen and oxygen atoms in total. The molecule has 8 bridgehead atoms. The van der Waals surface area contributed by atoms with Gasteiger partial charge in [-0.25, -0.2) is 48.9 Å². The zero-order valence-corrected chi connectivity index (χ0v) is 25.7. The van der Waals surface area contributed by atoms with Crippen LogP contribution in [-0.2, 0) is 0 Å². The lowest BCUT2D eigenvalue weighted by atomic mass is 10.0. The molecular formula is C36H13F12N5. The van der Waals surface area contributed by atoms with Gasteiger partial charge in [0.05, 0.1) is 33.6 Å². The molecule has 0 radical (unpaired) electrons. The molecule has 5 aromatic heterocycles. The minimum Gasteiger partial charge on any atom is -0.354 e. The Balaban J connectivity index is 1.64. The minimum atomic E-state index is -2.11. The molecule has 17 heteroatoms. The summed E-state index contributed by atoms with van der Waals surface area (Å²) in [6.07, 6.45) is 2.44. The smallest absolute Gasteiger partial charge is 0.252 e. The standard InChI is InChI=1S/C36H13F12N5/c37-11-9-12(38)30(42)26(29(11)41)23-17-3-1-15(49-17)16-2-4-18(50-16)24(27-31(43)13(39)10-14(40)32(27)44)20-6-8-22(52-20)25(21-7-5-19(23)51-21)28-33(45)35(47)53-36(48)34(28)46/h1-10,49,51-52H. The zero-order valence-electron chi connectivity index (χ0n) is 25.7. The van der Waals surface area contributed by atoms with Crippen LogP contribution in [0, 0.1) is 70.1 Å². The van der Waals surface area contributed by atoms with Crippen LogP contribution in [0.5, 0.6) is 0 Å². The van der Waals surface area contributed by atoms with Crippen molar-refractivity contribution >= 4 is 45.3 Å². The lowest BCUT2D eigenvalue weighted by Gasteiger charge is -2.09. The highest BCUT2D eigenvalue weighted by atomic mass is 19.2. The molecule has 0 saturated heterocycles. The molecule has 1 aliphatic rings. The van der Waals surface area contributed by atoms with Gasteiger partial charge in [-0.2, -0.15) is 13.8 Å². The Labute approximate surface area is 286 Å². The molecule has 53 heavy (non-hydrogen) atoms. The van der Waals surface area contributed by atoms with Crippen LogP contribution in [0.15, 0.2) is 48.5 Å². The topological polar surface area (TPSA) is 73.2 Å². The number of pyridine rings is 1. The van der Waals surface area contributed by atoms with E-state index < -0.39 is 114 Å². The van der Waals surface area contributed by atoms with Gasteiger partial charge in [0.2, 0.25) is 0 Å². The van der Waals surface area contributed by atoms with E-state index in [-0.39, 0.29) is 45.6 Å². The van der Waals surface area contributed by atoms with Gasteiger partial charge in [-0.15, -0.1) is 0 Å². The van der Waals surface area contributed by atoms with Crippen molar-refractivity contribution in [3.05, 3.63) is 130 Å². The molecule has 0 aliphatic carbocycles. The molecule has 0 fully saturated rings. The third-order valence-electron chi connectivity index (χ3n) is 8.55. The van der Waals surface area contributed by atoms with E-state index in [9.17, 15) is 26.3 Å². The van der Waals surface area contributed by atoms with Crippen LogP contribution in [0.1, 0.15) is 11.4 Å². The number of aromatic amines is 3. The first-order chi connectivity index (χ1) is 25.2. The Bertz CT molecular complexity index is 2810. The third kappa shape index (κ3) is 5.13. The monoisotopic (exact) mass is 743 g/mol. The molecule has 0 amide bonds. The number of hydrogen-bond donors (Lipinski definition) is 3. The van der Waals surface area contributed by atoms with E-state index in [2.05, 4.69) is 24.9 Å². The van der Waals surface area contributed by atoms with Crippen molar-refractivity contribution in [1.82, 2.24) is 24.9 Å². The maximum absolute atomic E-state index is 15.5. The predicted molar refractivity (Wildman–Crippen MR) is 169 cm³/mol. The van der Waals surface area contributed by atoms with E-state index in [0.717, 1.165) is 24.3 Å². The largest absolute Gasteiger partial charge is 0.354 e. The average molecular weight is 744 g/mol. The fraction of sp³-hybridized carbons (Fsp3) is 0. The zero-order chi connectivity index (χ0) is 37.6. The lowest BCUT2D eigenvalue weighted by molar-refractivity contribution is 0.411. The summed E-state index contributed by atoms with van der Waals surface area (Å²) in [5.74, 6) is -22.9. The number of fused-ring (bicyclic) bond motifs is 9. The van der Waals surface area contributed by atoms with Gasteiger partial charge < -0.3 is 15.0 Å². The highest BCUT2D eigenvalue weighted by molar-refractivity contribution is 6.00. The van der Waals surface area contributed by atoms with Gasteiger partial charge in [0.25, 0.3) is 11.9 Å². The van der Waals surface area contributed by atoms with E-state index in [1.165, 1.54) is 24.3 Å². The van der Waals surface area contributed by atoms with Gasteiger partial charge in [-0.1, -0.05) is 0 Å². The van der Waals surface area contributed by atoms with Crippen molar-refractivity contribution in [2.45, 2.75) is 0 Å². The molecule has 7 aromatic rings. The van der Waals surface area contributed by atoms with Gasteiger partial charge in [-0.3, -0.25) is 0 Å². The summed E-state index contributed by atoms with van der Waals surface area (Å²) in [6.45, 7) is 0. The second-order valence-corrected chi connectivity index (χ2v) is 11.6. The van der Waals surface area contributed by atoms with Crippen molar-refractivity contribution in [3.8, 4) is 33.4 Å². The second kappa shape index (κ2) is 12.0. The van der Waals surface area contributed by atoms with Crippen molar-refractivity contribution in [2.24, 2.45) is 0 Å².